The molecule has 3 rings (SSSR count). The Kier molecular flexibility index (Phi) is 4.23. The Labute approximate surface area is 128 Å². The average molecular weight is 288 g/mol. The second kappa shape index (κ2) is 5.98. The van der Waals surface area contributed by atoms with Crippen LogP contribution in [0.3, 0.4) is 0 Å². The van der Waals surface area contributed by atoms with Crippen LogP contribution >= 0.6 is 0 Å². The normalized spacial score (nSPS) is 24.5. The van der Waals surface area contributed by atoms with Crippen LogP contribution in [0.25, 0.3) is 0 Å². The van der Waals surface area contributed by atoms with Gasteiger partial charge in [0.15, 0.2) is 0 Å². The number of hydrogen-bond donors (Lipinski definition) is 2. The van der Waals surface area contributed by atoms with E-state index in [0.717, 1.165) is 13.1 Å². The molecule has 3 nitrogen and oxygen atoms in total. The van der Waals surface area contributed by atoms with Gasteiger partial charge in [-0.1, -0.05) is 25.1 Å². The number of fused-ring (bicyclic) bond motifs is 1. The van der Waals surface area contributed by atoms with Crippen molar-refractivity contribution in [1.82, 2.24) is 5.32 Å². The fraction of sp³-hybridized carbons (Fsp3) is 0.667. The molecule has 21 heavy (non-hydrogen) atoms. The van der Waals surface area contributed by atoms with Gasteiger partial charge in [0, 0.05) is 18.3 Å². The van der Waals surface area contributed by atoms with E-state index in [1.165, 1.54) is 36.9 Å². The summed E-state index contributed by atoms with van der Waals surface area (Å²) in [6.45, 7) is 6.52. The Balaban J connectivity index is 1.88. The Morgan fingerprint density at radius 2 is 2.05 bits per heavy atom. The fourth-order valence-electron chi connectivity index (χ4n) is 3.86. The summed E-state index contributed by atoms with van der Waals surface area (Å²) >= 11 is 0. The van der Waals surface area contributed by atoms with E-state index in [9.17, 15) is 5.11 Å². The van der Waals surface area contributed by atoms with E-state index >= 15 is 0 Å². The Bertz CT molecular complexity index is 486. The molecule has 116 valence electrons. The first-order valence-electron chi connectivity index (χ1n) is 8.40. The van der Waals surface area contributed by atoms with E-state index in [1.54, 1.807) is 0 Å². The highest BCUT2D eigenvalue weighted by Crippen LogP contribution is 2.42. The molecule has 1 aromatic rings. The molecule has 2 aliphatic rings. The van der Waals surface area contributed by atoms with E-state index < -0.39 is 0 Å². The molecule has 2 N–H and O–H groups in total. The zero-order valence-electron chi connectivity index (χ0n) is 13.3. The summed E-state index contributed by atoms with van der Waals surface area (Å²) < 4.78 is 0. The summed E-state index contributed by atoms with van der Waals surface area (Å²) in [6, 6.07) is 9.31. The minimum atomic E-state index is -0.131. The number of aryl methyl sites for hydroxylation is 1. The van der Waals surface area contributed by atoms with Gasteiger partial charge in [0.2, 0.25) is 0 Å². The van der Waals surface area contributed by atoms with Gasteiger partial charge in [-0.3, -0.25) is 0 Å². The van der Waals surface area contributed by atoms with Crippen LogP contribution in [0.15, 0.2) is 24.3 Å². The number of aliphatic hydroxyl groups excluding tert-OH is 1. The maximum Gasteiger partial charge on any atom is 0.0633 e. The molecule has 1 saturated carbocycles. The summed E-state index contributed by atoms with van der Waals surface area (Å²) in [5.74, 6) is 0.628. The number of nitrogens with one attached hydrogen (secondary N) is 1. The van der Waals surface area contributed by atoms with Gasteiger partial charge >= 0.3 is 0 Å². The predicted molar refractivity (Wildman–Crippen MR) is 87.8 cm³/mol. The van der Waals surface area contributed by atoms with E-state index in [-0.39, 0.29) is 12.1 Å². The van der Waals surface area contributed by atoms with Crippen molar-refractivity contribution in [2.75, 3.05) is 24.6 Å². The Morgan fingerprint density at radius 3 is 2.71 bits per heavy atom. The van der Waals surface area contributed by atoms with E-state index in [1.807, 2.05) is 0 Å². The van der Waals surface area contributed by atoms with Crippen molar-refractivity contribution in [3.8, 4) is 0 Å². The van der Waals surface area contributed by atoms with Crippen molar-refractivity contribution < 1.29 is 5.11 Å². The standard InChI is InChI=1S/C18H28N2O/c1-3-19-18(13-21,16-10-11-16)12-20-14(2)8-9-15-6-4-5-7-17(15)20/h4-7,14,16,19,21H,3,8-13H2,1-2H3. The van der Waals surface area contributed by atoms with Crippen LogP contribution in [0.4, 0.5) is 5.69 Å². The molecule has 2 atom stereocenters. The number of nitrogens with zero attached hydrogens (tertiary/aromatic N) is 1. The lowest BCUT2D eigenvalue weighted by Crippen LogP contribution is -2.60. The van der Waals surface area contributed by atoms with Gasteiger partial charge in [-0.2, -0.15) is 0 Å². The molecule has 1 aliphatic heterocycles. The van der Waals surface area contributed by atoms with Crippen LogP contribution in [-0.2, 0) is 6.42 Å². The lowest BCUT2D eigenvalue weighted by Gasteiger charge is -2.44. The number of rotatable bonds is 6. The third-order valence-corrected chi connectivity index (χ3v) is 5.29. The van der Waals surface area contributed by atoms with E-state index in [4.69, 9.17) is 0 Å². The smallest absolute Gasteiger partial charge is 0.0633 e. The minimum Gasteiger partial charge on any atom is -0.394 e. The van der Waals surface area contributed by atoms with Gasteiger partial charge in [0.1, 0.15) is 0 Å². The summed E-state index contributed by atoms with van der Waals surface area (Å²) in [7, 11) is 0. The van der Waals surface area contributed by atoms with Crippen LogP contribution in [0, 0.1) is 5.92 Å². The number of hydrogen-bond acceptors (Lipinski definition) is 3. The highest BCUT2D eigenvalue weighted by molar-refractivity contribution is 5.56. The zero-order chi connectivity index (χ0) is 14.9. The van der Waals surface area contributed by atoms with Crippen LogP contribution < -0.4 is 10.2 Å². The number of benzene rings is 1. The van der Waals surface area contributed by atoms with Crippen molar-refractivity contribution in [3.05, 3.63) is 29.8 Å². The maximum atomic E-state index is 10.1. The summed E-state index contributed by atoms with van der Waals surface area (Å²) in [4.78, 5) is 2.52. The molecule has 1 aromatic carbocycles. The summed E-state index contributed by atoms with van der Waals surface area (Å²) in [6.07, 6.45) is 4.87. The van der Waals surface area contributed by atoms with Crippen molar-refractivity contribution in [3.63, 3.8) is 0 Å². The number of aliphatic hydroxyl groups is 1. The van der Waals surface area contributed by atoms with E-state index in [2.05, 4.69) is 48.3 Å². The average Bonchev–Trinajstić information content (AvgIpc) is 3.34. The molecule has 1 fully saturated rings. The Morgan fingerprint density at radius 1 is 1.29 bits per heavy atom. The van der Waals surface area contributed by atoms with Gasteiger partial charge in [-0.05, 0) is 56.7 Å². The number of anilines is 1. The van der Waals surface area contributed by atoms with Crippen molar-refractivity contribution in [2.24, 2.45) is 5.92 Å². The molecule has 1 aliphatic carbocycles. The van der Waals surface area contributed by atoms with Crippen molar-refractivity contribution >= 4 is 5.69 Å². The molecular formula is C18H28N2O. The number of likely N-dealkylation sites (N-methyl/N-ethyl adjacent to an activating group) is 1. The molecule has 2 unspecified atom stereocenters. The lowest BCUT2D eigenvalue weighted by molar-refractivity contribution is 0.143. The molecule has 0 aromatic heterocycles. The molecular weight excluding hydrogens is 260 g/mol. The molecule has 0 radical (unpaired) electrons. The Hall–Kier alpha value is -1.06. The second-order valence-corrected chi connectivity index (χ2v) is 6.76. The van der Waals surface area contributed by atoms with Crippen LogP contribution in [0.1, 0.15) is 38.7 Å². The van der Waals surface area contributed by atoms with Crippen LogP contribution in [0.5, 0.6) is 0 Å². The quantitative estimate of drug-likeness (QED) is 0.844. The summed E-state index contributed by atoms with van der Waals surface area (Å²) in [5.41, 5.74) is 2.69. The third kappa shape index (κ3) is 2.82. The van der Waals surface area contributed by atoms with Crippen LogP contribution in [0.2, 0.25) is 0 Å². The summed E-state index contributed by atoms with van der Waals surface area (Å²) in [5, 5.41) is 13.7. The van der Waals surface area contributed by atoms with E-state index in [0.29, 0.717) is 12.0 Å². The van der Waals surface area contributed by atoms with Gasteiger partial charge in [-0.25, -0.2) is 0 Å². The molecule has 0 saturated heterocycles. The largest absolute Gasteiger partial charge is 0.394 e. The lowest BCUT2D eigenvalue weighted by atomic mass is 9.89. The molecule has 0 spiro atoms. The molecule has 0 amide bonds. The fourth-order valence-corrected chi connectivity index (χ4v) is 3.86. The highest BCUT2D eigenvalue weighted by atomic mass is 16.3. The first-order valence-corrected chi connectivity index (χ1v) is 8.40. The van der Waals surface area contributed by atoms with Gasteiger partial charge in [0.25, 0.3) is 0 Å². The predicted octanol–water partition coefficient (Wildman–Crippen LogP) is 2.58. The highest BCUT2D eigenvalue weighted by Gasteiger charge is 2.46. The SMILES string of the molecule is CCNC(CO)(CN1c2ccccc2CCC1C)C1CC1. The van der Waals surface area contributed by atoms with Crippen molar-refractivity contribution in [2.45, 2.75) is 51.1 Å². The molecule has 3 heteroatoms. The topological polar surface area (TPSA) is 35.5 Å². The van der Waals surface area contributed by atoms with Gasteiger partial charge < -0.3 is 15.3 Å². The van der Waals surface area contributed by atoms with Crippen LogP contribution in [-0.4, -0.2) is 36.4 Å². The first kappa shape index (κ1) is 14.9. The molecule has 0 bridgehead atoms. The van der Waals surface area contributed by atoms with Gasteiger partial charge in [-0.15, -0.1) is 0 Å². The minimum absolute atomic E-state index is 0.131. The monoisotopic (exact) mass is 288 g/mol. The number of para-hydroxylation sites is 1. The third-order valence-electron chi connectivity index (χ3n) is 5.29. The maximum absolute atomic E-state index is 10.1. The second-order valence-electron chi connectivity index (χ2n) is 6.76. The zero-order valence-corrected chi connectivity index (χ0v) is 13.3. The molecule has 1 heterocycles. The first-order chi connectivity index (χ1) is 10.2. The van der Waals surface area contributed by atoms with Crippen molar-refractivity contribution in [1.29, 1.82) is 0 Å². The van der Waals surface area contributed by atoms with Gasteiger partial charge in [0.05, 0.1) is 12.1 Å².